The number of rotatable bonds is 1. The number of hydrogen-bond donors (Lipinski definition) is 0. The molecule has 1 saturated heterocycles. The van der Waals surface area contributed by atoms with Crippen LogP contribution in [0.1, 0.15) is 42.6 Å². The molecule has 5 nitrogen and oxygen atoms in total. The Labute approximate surface area is 94.8 Å². The maximum Gasteiger partial charge on any atom is 0.169 e. The number of nitrogens with zero attached hydrogens (tertiary/aromatic N) is 3. The summed E-state index contributed by atoms with van der Waals surface area (Å²) in [6.07, 6.45) is 4.62. The summed E-state index contributed by atoms with van der Waals surface area (Å²) in [5.41, 5.74) is 0. The van der Waals surface area contributed by atoms with Gasteiger partial charge in [0.1, 0.15) is 11.1 Å². The second-order valence-corrected chi connectivity index (χ2v) is 6.87. The van der Waals surface area contributed by atoms with E-state index in [4.69, 9.17) is 0 Å². The first-order valence-corrected chi connectivity index (χ1v) is 7.53. The third kappa shape index (κ3) is 1.55. The van der Waals surface area contributed by atoms with Crippen LogP contribution in [-0.2, 0) is 22.8 Å². The lowest BCUT2D eigenvalue weighted by Gasteiger charge is -2.10. The van der Waals surface area contributed by atoms with Crippen molar-refractivity contribution in [1.29, 1.82) is 0 Å². The van der Waals surface area contributed by atoms with Crippen molar-refractivity contribution in [3.63, 3.8) is 0 Å². The van der Waals surface area contributed by atoms with Crippen LogP contribution in [0.2, 0.25) is 0 Å². The van der Waals surface area contributed by atoms with Gasteiger partial charge in [0.15, 0.2) is 15.7 Å². The molecule has 2 aliphatic heterocycles. The van der Waals surface area contributed by atoms with Crippen molar-refractivity contribution < 1.29 is 8.42 Å². The molecule has 16 heavy (non-hydrogen) atoms. The molecule has 1 unspecified atom stereocenters. The fourth-order valence-corrected chi connectivity index (χ4v) is 4.32. The molecule has 1 fully saturated rings. The van der Waals surface area contributed by atoms with E-state index < -0.39 is 15.1 Å². The zero-order valence-electron chi connectivity index (χ0n) is 9.09. The van der Waals surface area contributed by atoms with Gasteiger partial charge in [0.2, 0.25) is 0 Å². The number of aryl methyl sites for hydroxylation is 2. The molecule has 0 radical (unpaired) electrons. The van der Waals surface area contributed by atoms with E-state index in [-0.39, 0.29) is 0 Å². The van der Waals surface area contributed by atoms with E-state index in [1.54, 1.807) is 0 Å². The van der Waals surface area contributed by atoms with Gasteiger partial charge in [-0.3, -0.25) is 0 Å². The van der Waals surface area contributed by atoms with Crippen molar-refractivity contribution in [2.24, 2.45) is 0 Å². The van der Waals surface area contributed by atoms with E-state index in [2.05, 4.69) is 10.1 Å². The van der Waals surface area contributed by atoms with Crippen LogP contribution in [0.4, 0.5) is 0 Å². The average molecular weight is 241 g/mol. The van der Waals surface area contributed by atoms with E-state index in [1.807, 2.05) is 4.68 Å². The minimum atomic E-state index is -2.98. The van der Waals surface area contributed by atoms with Gasteiger partial charge in [-0.05, 0) is 25.7 Å². The average Bonchev–Trinajstić information content (AvgIpc) is 2.79. The Morgan fingerprint density at radius 1 is 1.25 bits per heavy atom. The first-order chi connectivity index (χ1) is 7.67. The fraction of sp³-hybridized carbons (Fsp3) is 0.800. The van der Waals surface area contributed by atoms with Gasteiger partial charge in [-0.2, -0.15) is 5.10 Å². The Bertz CT molecular complexity index is 483. The molecule has 2 aliphatic rings. The molecule has 88 valence electrons. The maximum absolute atomic E-state index is 11.8. The Morgan fingerprint density at radius 2 is 2.12 bits per heavy atom. The molecule has 6 heteroatoms. The van der Waals surface area contributed by atoms with E-state index >= 15 is 0 Å². The van der Waals surface area contributed by atoms with Crippen LogP contribution in [-0.4, -0.2) is 28.9 Å². The highest BCUT2D eigenvalue weighted by Crippen LogP contribution is 2.33. The third-order valence-corrected chi connectivity index (χ3v) is 5.57. The van der Waals surface area contributed by atoms with Crippen molar-refractivity contribution in [2.45, 2.75) is 43.9 Å². The predicted molar refractivity (Wildman–Crippen MR) is 58.7 cm³/mol. The lowest BCUT2D eigenvalue weighted by atomic mass is 10.2. The highest BCUT2D eigenvalue weighted by atomic mass is 32.2. The van der Waals surface area contributed by atoms with Crippen LogP contribution in [0.3, 0.4) is 0 Å². The number of aromatic nitrogens is 3. The molecule has 1 aromatic heterocycles. The quantitative estimate of drug-likeness (QED) is 0.731. The topological polar surface area (TPSA) is 64.8 Å². The van der Waals surface area contributed by atoms with Crippen molar-refractivity contribution in [2.75, 3.05) is 5.75 Å². The molecule has 0 N–H and O–H groups in total. The second-order valence-electron chi connectivity index (χ2n) is 4.56. The van der Waals surface area contributed by atoms with Crippen LogP contribution in [0.15, 0.2) is 0 Å². The van der Waals surface area contributed by atoms with E-state index in [1.165, 1.54) is 0 Å². The van der Waals surface area contributed by atoms with Crippen LogP contribution in [0, 0.1) is 0 Å². The number of fused-ring (bicyclic) bond motifs is 1. The minimum absolute atomic E-state index is 0.293. The molecular weight excluding hydrogens is 226 g/mol. The van der Waals surface area contributed by atoms with Crippen molar-refractivity contribution in [3.05, 3.63) is 11.6 Å². The molecule has 0 bridgehead atoms. The van der Waals surface area contributed by atoms with Crippen molar-refractivity contribution >= 4 is 9.84 Å². The smallest absolute Gasteiger partial charge is 0.169 e. The Morgan fingerprint density at radius 3 is 2.81 bits per heavy atom. The standard InChI is InChI=1S/C10H15N3O2S/c14-16(15)7-3-4-8(16)10-11-9-5-1-2-6-13(9)12-10/h8H,1-7H2. The van der Waals surface area contributed by atoms with Gasteiger partial charge < -0.3 is 0 Å². The maximum atomic E-state index is 11.8. The van der Waals surface area contributed by atoms with Gasteiger partial charge in [0.25, 0.3) is 0 Å². The minimum Gasteiger partial charge on any atom is -0.250 e. The summed E-state index contributed by atoms with van der Waals surface area (Å²) in [5.74, 6) is 1.79. The molecule has 0 aromatic carbocycles. The van der Waals surface area contributed by atoms with Gasteiger partial charge >= 0.3 is 0 Å². The van der Waals surface area contributed by atoms with Crippen molar-refractivity contribution in [3.8, 4) is 0 Å². The monoisotopic (exact) mass is 241 g/mol. The highest BCUT2D eigenvalue weighted by Gasteiger charge is 2.36. The van der Waals surface area contributed by atoms with Gasteiger partial charge in [0, 0.05) is 13.0 Å². The first kappa shape index (κ1) is 10.3. The summed E-state index contributed by atoms with van der Waals surface area (Å²) < 4.78 is 25.5. The molecule has 0 saturated carbocycles. The lowest BCUT2D eigenvalue weighted by molar-refractivity contribution is 0.477. The fourth-order valence-electron chi connectivity index (χ4n) is 2.52. The summed E-state index contributed by atoms with van der Waals surface area (Å²) in [6.45, 7) is 0.884. The first-order valence-electron chi connectivity index (χ1n) is 5.82. The Hall–Kier alpha value is -0.910. The van der Waals surface area contributed by atoms with E-state index in [0.717, 1.165) is 38.1 Å². The Kier molecular flexibility index (Phi) is 2.27. The SMILES string of the molecule is O=S1(=O)CCCC1c1nc2n(n1)CCCC2. The molecule has 3 rings (SSSR count). The van der Waals surface area contributed by atoms with Crippen LogP contribution < -0.4 is 0 Å². The van der Waals surface area contributed by atoms with Gasteiger partial charge in [-0.25, -0.2) is 18.1 Å². The van der Waals surface area contributed by atoms with Gasteiger partial charge in [0.05, 0.1) is 5.75 Å². The molecule has 1 aromatic rings. The van der Waals surface area contributed by atoms with E-state index in [9.17, 15) is 8.42 Å². The molecule has 0 spiro atoms. The molecule has 3 heterocycles. The summed E-state index contributed by atoms with van der Waals surface area (Å²) in [6, 6.07) is 0. The third-order valence-electron chi connectivity index (χ3n) is 3.40. The van der Waals surface area contributed by atoms with Gasteiger partial charge in [-0.1, -0.05) is 0 Å². The van der Waals surface area contributed by atoms with Crippen LogP contribution in [0.5, 0.6) is 0 Å². The van der Waals surface area contributed by atoms with Crippen LogP contribution >= 0.6 is 0 Å². The Balaban J connectivity index is 1.98. The normalized spacial score (nSPS) is 27.9. The summed E-state index contributed by atoms with van der Waals surface area (Å²) >= 11 is 0. The van der Waals surface area contributed by atoms with Crippen molar-refractivity contribution in [1.82, 2.24) is 14.8 Å². The molecular formula is C10H15N3O2S. The van der Waals surface area contributed by atoms with Crippen LogP contribution in [0.25, 0.3) is 0 Å². The molecule has 0 aliphatic carbocycles. The highest BCUT2D eigenvalue weighted by molar-refractivity contribution is 7.91. The predicted octanol–water partition coefficient (Wildman–Crippen LogP) is 0.864. The number of sulfone groups is 1. The zero-order valence-corrected chi connectivity index (χ0v) is 9.91. The summed E-state index contributed by atoms with van der Waals surface area (Å²) in [7, 11) is -2.98. The summed E-state index contributed by atoms with van der Waals surface area (Å²) in [5, 5.41) is 3.92. The summed E-state index contributed by atoms with van der Waals surface area (Å²) in [4.78, 5) is 4.40. The lowest BCUT2D eigenvalue weighted by Crippen LogP contribution is -2.12. The second kappa shape index (κ2) is 3.55. The molecule has 1 atom stereocenters. The number of hydrogen-bond acceptors (Lipinski definition) is 4. The van der Waals surface area contributed by atoms with E-state index in [0.29, 0.717) is 18.0 Å². The largest absolute Gasteiger partial charge is 0.250 e. The zero-order chi connectivity index (χ0) is 11.2. The molecule has 0 amide bonds. The van der Waals surface area contributed by atoms with Gasteiger partial charge in [-0.15, -0.1) is 0 Å².